The van der Waals surface area contributed by atoms with Gasteiger partial charge in [-0.2, -0.15) is 18.2 Å². The Kier molecular flexibility index (Phi) is 4.99. The van der Waals surface area contributed by atoms with Crippen LogP contribution in [-0.4, -0.2) is 44.0 Å². The summed E-state index contributed by atoms with van der Waals surface area (Å²) in [6, 6.07) is 4.27. The molecule has 0 atom stereocenters. The molecule has 1 fully saturated rings. The highest BCUT2D eigenvalue weighted by molar-refractivity contribution is 5.94. The molecule has 1 saturated heterocycles. The minimum absolute atomic E-state index is 0.00424. The lowest BCUT2D eigenvalue weighted by atomic mass is 9.96. The first-order chi connectivity index (χ1) is 13.9. The van der Waals surface area contributed by atoms with Crippen molar-refractivity contribution in [3.05, 3.63) is 59.9 Å². The quantitative estimate of drug-likeness (QED) is 0.665. The molecule has 0 radical (unpaired) electrons. The van der Waals surface area contributed by atoms with Crippen molar-refractivity contribution >= 4 is 5.91 Å². The number of carbonyl (C=O) groups is 1. The Morgan fingerprint density at radius 3 is 2.45 bits per heavy atom. The van der Waals surface area contributed by atoms with Crippen molar-refractivity contribution in [2.45, 2.75) is 24.9 Å². The monoisotopic (exact) mass is 403 g/mol. The number of rotatable bonds is 3. The summed E-state index contributed by atoms with van der Waals surface area (Å²) in [4.78, 5) is 26.7. The van der Waals surface area contributed by atoms with Gasteiger partial charge in [0.05, 0.1) is 11.8 Å². The summed E-state index contributed by atoms with van der Waals surface area (Å²) in [5.74, 6) is 0.552. The fourth-order valence-corrected chi connectivity index (χ4v) is 3.23. The molecule has 0 aliphatic carbocycles. The number of piperidine rings is 1. The van der Waals surface area contributed by atoms with E-state index >= 15 is 0 Å². The van der Waals surface area contributed by atoms with Gasteiger partial charge in [-0.1, -0.05) is 5.16 Å². The van der Waals surface area contributed by atoms with Gasteiger partial charge in [0, 0.05) is 37.0 Å². The molecule has 4 rings (SSSR count). The number of benzene rings is 1. The van der Waals surface area contributed by atoms with Crippen molar-refractivity contribution in [3.63, 3.8) is 0 Å². The van der Waals surface area contributed by atoms with Gasteiger partial charge in [0.15, 0.2) is 0 Å². The second-order valence-corrected chi connectivity index (χ2v) is 6.69. The molecule has 7 nitrogen and oxygen atoms in total. The number of hydrogen-bond acceptors (Lipinski definition) is 6. The smallest absolute Gasteiger partial charge is 0.339 e. The minimum atomic E-state index is -4.42. The molecule has 1 aliphatic rings. The van der Waals surface area contributed by atoms with Crippen LogP contribution < -0.4 is 0 Å². The first kappa shape index (κ1) is 19.0. The largest absolute Gasteiger partial charge is 0.416 e. The van der Waals surface area contributed by atoms with Crippen molar-refractivity contribution < 1.29 is 22.5 Å². The average molecular weight is 403 g/mol. The third-order valence-corrected chi connectivity index (χ3v) is 4.82. The molecule has 0 saturated carbocycles. The van der Waals surface area contributed by atoms with Crippen molar-refractivity contribution in [2.75, 3.05) is 13.1 Å². The average Bonchev–Trinajstić information content (AvgIpc) is 3.24. The number of aromatic nitrogens is 4. The summed E-state index contributed by atoms with van der Waals surface area (Å²) in [6.45, 7) is 0.904. The molecule has 29 heavy (non-hydrogen) atoms. The Morgan fingerprint density at radius 1 is 1.10 bits per heavy atom. The lowest BCUT2D eigenvalue weighted by Crippen LogP contribution is -2.38. The molecule has 1 aliphatic heterocycles. The number of amides is 1. The summed E-state index contributed by atoms with van der Waals surface area (Å²) < 4.78 is 43.3. The Morgan fingerprint density at radius 2 is 1.83 bits per heavy atom. The Labute approximate surface area is 163 Å². The number of likely N-dealkylation sites (tertiary alicyclic amines) is 1. The van der Waals surface area contributed by atoms with Gasteiger partial charge in [0.25, 0.3) is 5.91 Å². The number of carbonyl (C=O) groups excluding carboxylic acids is 1. The molecule has 3 aromatic rings. The van der Waals surface area contributed by atoms with Crippen LogP contribution in [0, 0.1) is 0 Å². The lowest BCUT2D eigenvalue weighted by Gasteiger charge is -2.30. The van der Waals surface area contributed by atoms with Gasteiger partial charge in [0.1, 0.15) is 5.69 Å². The van der Waals surface area contributed by atoms with E-state index < -0.39 is 11.7 Å². The zero-order chi connectivity index (χ0) is 20.4. The summed E-state index contributed by atoms with van der Waals surface area (Å²) in [5.41, 5.74) is -0.0281. The molecular weight excluding hydrogens is 387 g/mol. The number of alkyl halides is 3. The van der Waals surface area contributed by atoms with Crippen LogP contribution in [0.15, 0.2) is 47.4 Å². The van der Waals surface area contributed by atoms with Gasteiger partial charge in [-0.15, -0.1) is 0 Å². The molecule has 1 amide bonds. The zero-order valence-electron chi connectivity index (χ0n) is 15.1. The SMILES string of the molecule is O=C(c1ccc(C(F)(F)F)cc1)N1CCC(c2nc(-c3cnccn3)no2)CC1. The minimum Gasteiger partial charge on any atom is -0.339 e. The van der Waals surface area contributed by atoms with Crippen molar-refractivity contribution in [2.24, 2.45) is 0 Å². The molecule has 0 bridgehead atoms. The first-order valence-electron chi connectivity index (χ1n) is 8.98. The molecule has 0 spiro atoms. The fourth-order valence-electron chi connectivity index (χ4n) is 3.23. The van der Waals surface area contributed by atoms with E-state index in [0.717, 1.165) is 12.1 Å². The summed E-state index contributed by atoms with van der Waals surface area (Å²) >= 11 is 0. The second kappa shape index (κ2) is 7.61. The molecular formula is C19H16F3N5O2. The highest BCUT2D eigenvalue weighted by atomic mass is 19.4. The van der Waals surface area contributed by atoms with Crippen LogP contribution in [-0.2, 0) is 6.18 Å². The fraction of sp³-hybridized carbons (Fsp3) is 0.316. The maximum atomic E-state index is 12.7. The van der Waals surface area contributed by atoms with E-state index in [0.29, 0.717) is 43.3 Å². The zero-order valence-corrected chi connectivity index (χ0v) is 15.1. The van der Waals surface area contributed by atoms with E-state index in [-0.39, 0.29) is 17.4 Å². The number of halogens is 3. The van der Waals surface area contributed by atoms with E-state index in [1.165, 1.54) is 18.3 Å². The molecule has 1 aromatic carbocycles. The molecule has 0 N–H and O–H groups in total. The van der Waals surface area contributed by atoms with Crippen LogP contribution in [0.25, 0.3) is 11.5 Å². The van der Waals surface area contributed by atoms with Crippen LogP contribution in [0.3, 0.4) is 0 Å². The Hall–Kier alpha value is -3.30. The molecule has 0 unspecified atom stereocenters. The summed E-state index contributed by atoms with van der Waals surface area (Å²) in [7, 11) is 0. The van der Waals surface area contributed by atoms with Crippen LogP contribution in [0.1, 0.15) is 40.6 Å². The van der Waals surface area contributed by atoms with Gasteiger partial charge in [-0.3, -0.25) is 9.78 Å². The van der Waals surface area contributed by atoms with Crippen LogP contribution >= 0.6 is 0 Å². The molecule has 2 aromatic heterocycles. The van der Waals surface area contributed by atoms with E-state index in [4.69, 9.17) is 4.52 Å². The Bertz CT molecular complexity index is 981. The third-order valence-electron chi connectivity index (χ3n) is 4.82. The Balaban J connectivity index is 1.38. The predicted molar refractivity (Wildman–Crippen MR) is 94.6 cm³/mol. The van der Waals surface area contributed by atoms with Crippen LogP contribution in [0.4, 0.5) is 13.2 Å². The van der Waals surface area contributed by atoms with E-state index in [1.54, 1.807) is 17.3 Å². The summed E-state index contributed by atoms with van der Waals surface area (Å²) in [6.07, 6.45) is 1.45. The maximum absolute atomic E-state index is 12.7. The van der Waals surface area contributed by atoms with Crippen LogP contribution in [0.5, 0.6) is 0 Å². The second-order valence-electron chi connectivity index (χ2n) is 6.69. The molecule has 10 heteroatoms. The van der Waals surface area contributed by atoms with Gasteiger partial charge >= 0.3 is 6.18 Å². The topological polar surface area (TPSA) is 85.0 Å². The van der Waals surface area contributed by atoms with Gasteiger partial charge in [0.2, 0.25) is 11.7 Å². The van der Waals surface area contributed by atoms with E-state index in [9.17, 15) is 18.0 Å². The number of nitrogens with zero attached hydrogens (tertiary/aromatic N) is 5. The van der Waals surface area contributed by atoms with E-state index in [1.807, 2.05) is 0 Å². The van der Waals surface area contributed by atoms with Crippen LogP contribution in [0.2, 0.25) is 0 Å². The normalized spacial score (nSPS) is 15.5. The van der Waals surface area contributed by atoms with Crippen molar-refractivity contribution in [1.82, 2.24) is 25.0 Å². The summed E-state index contributed by atoms with van der Waals surface area (Å²) in [5, 5.41) is 3.93. The lowest BCUT2D eigenvalue weighted by molar-refractivity contribution is -0.137. The van der Waals surface area contributed by atoms with E-state index in [2.05, 4.69) is 20.1 Å². The molecule has 150 valence electrons. The van der Waals surface area contributed by atoms with Gasteiger partial charge < -0.3 is 9.42 Å². The highest BCUT2D eigenvalue weighted by Gasteiger charge is 2.31. The highest BCUT2D eigenvalue weighted by Crippen LogP contribution is 2.31. The predicted octanol–water partition coefficient (Wildman–Crippen LogP) is 3.57. The van der Waals surface area contributed by atoms with Gasteiger partial charge in [-0.05, 0) is 37.1 Å². The molecule has 3 heterocycles. The van der Waals surface area contributed by atoms with Crippen molar-refractivity contribution in [1.29, 1.82) is 0 Å². The standard InChI is InChI=1S/C19H16F3N5O2/c20-19(21,22)14-3-1-13(2-4-14)18(28)27-9-5-12(6-10-27)17-25-16(26-29-17)15-11-23-7-8-24-15/h1-4,7-8,11-12H,5-6,9-10H2. The van der Waals surface area contributed by atoms with Gasteiger partial charge in [-0.25, -0.2) is 4.98 Å². The number of hydrogen-bond donors (Lipinski definition) is 0. The first-order valence-corrected chi connectivity index (χ1v) is 8.98. The third kappa shape index (κ3) is 4.10. The maximum Gasteiger partial charge on any atom is 0.416 e. The van der Waals surface area contributed by atoms with Crippen molar-refractivity contribution in [3.8, 4) is 11.5 Å².